The van der Waals surface area contributed by atoms with Crippen molar-refractivity contribution in [3.8, 4) is 0 Å². The topological polar surface area (TPSA) is 67.5 Å². The Morgan fingerprint density at radius 2 is 2.47 bits per heavy atom. The molecule has 1 N–H and O–H groups in total. The van der Waals surface area contributed by atoms with Gasteiger partial charge in [-0.15, -0.1) is 0 Å². The highest BCUT2D eigenvalue weighted by molar-refractivity contribution is 5.65. The van der Waals surface area contributed by atoms with Crippen LogP contribution in [0.15, 0.2) is 18.3 Å². The molecule has 1 aliphatic heterocycles. The first-order valence-electron chi connectivity index (χ1n) is 5.79. The highest BCUT2D eigenvalue weighted by Gasteiger charge is 2.28. The lowest BCUT2D eigenvalue weighted by atomic mass is 9.97. The Bertz CT molecular complexity index is 434. The summed E-state index contributed by atoms with van der Waals surface area (Å²) in [4.78, 5) is 12.4. The summed E-state index contributed by atoms with van der Waals surface area (Å²) < 4.78 is 0.781. The van der Waals surface area contributed by atoms with Gasteiger partial charge < -0.3 is 10.3 Å². The molecule has 0 radical (unpaired) electrons. The minimum Gasteiger partial charge on any atom is -0.618 e. The van der Waals surface area contributed by atoms with Crippen molar-refractivity contribution >= 4 is 6.09 Å². The van der Waals surface area contributed by atoms with Gasteiger partial charge in [-0.2, -0.15) is 4.73 Å². The first-order chi connectivity index (χ1) is 8.11. The van der Waals surface area contributed by atoms with Crippen LogP contribution in [-0.2, 0) is 13.0 Å². The Balaban J connectivity index is 2.38. The van der Waals surface area contributed by atoms with Crippen molar-refractivity contribution in [1.29, 1.82) is 0 Å². The summed E-state index contributed by atoms with van der Waals surface area (Å²) in [6, 6.07) is 3.63. The first kappa shape index (κ1) is 11.7. The van der Waals surface area contributed by atoms with Crippen LogP contribution in [0.2, 0.25) is 0 Å². The van der Waals surface area contributed by atoms with Gasteiger partial charge in [-0.05, 0) is 18.4 Å². The Labute approximate surface area is 99.9 Å². The van der Waals surface area contributed by atoms with Crippen molar-refractivity contribution in [3.63, 3.8) is 0 Å². The summed E-state index contributed by atoms with van der Waals surface area (Å²) >= 11 is 0. The molecule has 0 bridgehead atoms. The summed E-state index contributed by atoms with van der Waals surface area (Å²) in [5.41, 5.74) is 1.53. The molecule has 1 aromatic rings. The van der Waals surface area contributed by atoms with E-state index in [-0.39, 0.29) is 12.5 Å². The van der Waals surface area contributed by atoms with E-state index in [0.29, 0.717) is 12.2 Å². The van der Waals surface area contributed by atoms with Gasteiger partial charge in [0.15, 0.2) is 6.20 Å². The molecule has 5 nitrogen and oxygen atoms in total. The normalized spacial score (nSPS) is 19.6. The van der Waals surface area contributed by atoms with Crippen LogP contribution in [0.1, 0.15) is 24.6 Å². The van der Waals surface area contributed by atoms with Crippen LogP contribution in [0.4, 0.5) is 4.79 Å². The molecule has 0 unspecified atom stereocenters. The first-order valence-corrected chi connectivity index (χ1v) is 5.79. The van der Waals surface area contributed by atoms with E-state index in [1.165, 1.54) is 11.1 Å². The van der Waals surface area contributed by atoms with E-state index in [1.54, 1.807) is 6.07 Å². The van der Waals surface area contributed by atoms with Crippen molar-refractivity contribution in [2.24, 2.45) is 5.92 Å². The number of fused-ring (bicyclic) bond motifs is 1. The average Bonchev–Trinajstić information content (AvgIpc) is 2.49. The van der Waals surface area contributed by atoms with Gasteiger partial charge in [-0.1, -0.05) is 13.3 Å². The van der Waals surface area contributed by atoms with Crippen LogP contribution < -0.4 is 4.73 Å². The van der Waals surface area contributed by atoms with Crippen LogP contribution in [0, 0.1) is 11.1 Å². The van der Waals surface area contributed by atoms with E-state index in [2.05, 4.69) is 0 Å². The van der Waals surface area contributed by atoms with Gasteiger partial charge in [-0.3, -0.25) is 4.90 Å². The third kappa shape index (κ3) is 2.33. The van der Waals surface area contributed by atoms with Crippen molar-refractivity contribution in [2.75, 3.05) is 6.54 Å². The van der Waals surface area contributed by atoms with Crippen LogP contribution in [-0.4, -0.2) is 22.6 Å². The lowest BCUT2D eigenvalue weighted by molar-refractivity contribution is -0.615. The molecule has 5 heteroatoms. The maximum absolute atomic E-state index is 11.7. The van der Waals surface area contributed by atoms with Crippen molar-refractivity contribution < 1.29 is 14.6 Å². The van der Waals surface area contributed by atoms with Gasteiger partial charge >= 0.3 is 6.09 Å². The number of aromatic nitrogens is 1. The van der Waals surface area contributed by atoms with E-state index in [1.807, 2.05) is 13.0 Å². The monoisotopic (exact) mass is 236 g/mol. The van der Waals surface area contributed by atoms with Crippen LogP contribution >= 0.6 is 0 Å². The number of hydrogen-bond donors (Lipinski definition) is 1. The second-order valence-corrected chi connectivity index (χ2v) is 4.45. The summed E-state index contributed by atoms with van der Waals surface area (Å²) in [6.45, 7) is 2.73. The minimum atomic E-state index is -0.958. The Hall–Kier alpha value is -1.78. The Morgan fingerprint density at radius 3 is 3.12 bits per heavy atom. The number of pyridine rings is 1. The molecule has 1 aromatic heterocycles. The molecule has 1 amide bonds. The van der Waals surface area contributed by atoms with Gasteiger partial charge in [-0.25, -0.2) is 4.79 Å². The van der Waals surface area contributed by atoms with Gasteiger partial charge in [0.2, 0.25) is 5.69 Å². The quantitative estimate of drug-likeness (QED) is 0.591. The molecular formula is C12H16N2O3. The van der Waals surface area contributed by atoms with E-state index in [4.69, 9.17) is 5.11 Å². The average molecular weight is 236 g/mol. The minimum absolute atomic E-state index is 0.186. The SMILES string of the molecule is CC[C@H]1Cc2ccc[n+]([O-])c2CN(C(=O)O)C1. The zero-order valence-electron chi connectivity index (χ0n) is 9.80. The van der Waals surface area contributed by atoms with Gasteiger partial charge in [0.25, 0.3) is 0 Å². The summed E-state index contributed by atoms with van der Waals surface area (Å²) in [5, 5.41) is 20.8. The molecule has 0 aromatic carbocycles. The molecule has 0 saturated carbocycles. The molecule has 2 rings (SSSR count). The zero-order valence-corrected chi connectivity index (χ0v) is 9.80. The fourth-order valence-electron chi connectivity index (χ4n) is 2.27. The van der Waals surface area contributed by atoms with E-state index < -0.39 is 6.09 Å². The number of carbonyl (C=O) groups is 1. The number of rotatable bonds is 1. The number of hydrogen-bond acceptors (Lipinski definition) is 2. The molecule has 1 aliphatic rings. The highest BCUT2D eigenvalue weighted by Crippen LogP contribution is 2.21. The molecular weight excluding hydrogens is 220 g/mol. The molecule has 2 heterocycles. The standard InChI is InChI=1S/C12H16N2O3/c1-2-9-6-10-4-3-5-14(17)11(10)8-13(7-9)12(15)16/h3-5,9H,2,6-8H2,1H3,(H,15,16)/t9-/m0/s1. The summed E-state index contributed by atoms with van der Waals surface area (Å²) in [7, 11) is 0. The zero-order chi connectivity index (χ0) is 12.4. The Morgan fingerprint density at radius 1 is 1.71 bits per heavy atom. The second-order valence-electron chi connectivity index (χ2n) is 4.45. The maximum atomic E-state index is 11.7. The van der Waals surface area contributed by atoms with Crippen LogP contribution in [0.3, 0.4) is 0 Å². The lowest BCUT2D eigenvalue weighted by Gasteiger charge is -2.19. The molecule has 0 saturated heterocycles. The number of carboxylic acid groups (broad SMARTS) is 1. The lowest BCUT2D eigenvalue weighted by Crippen LogP contribution is -2.38. The summed E-state index contributed by atoms with van der Waals surface area (Å²) in [6.07, 6.45) is 2.15. The number of nitrogens with zero attached hydrogens (tertiary/aromatic N) is 2. The fraction of sp³-hybridized carbons (Fsp3) is 0.500. The maximum Gasteiger partial charge on any atom is 0.407 e. The van der Waals surface area contributed by atoms with E-state index in [9.17, 15) is 10.0 Å². The van der Waals surface area contributed by atoms with Crippen molar-refractivity contribution in [2.45, 2.75) is 26.3 Å². The summed E-state index contributed by atoms with van der Waals surface area (Å²) in [5.74, 6) is 0.287. The molecule has 0 fully saturated rings. The van der Waals surface area contributed by atoms with Gasteiger partial charge in [0.05, 0.1) is 0 Å². The van der Waals surface area contributed by atoms with Crippen LogP contribution in [0.5, 0.6) is 0 Å². The third-order valence-electron chi connectivity index (χ3n) is 3.33. The molecule has 1 atom stereocenters. The highest BCUT2D eigenvalue weighted by atomic mass is 16.5. The molecule has 17 heavy (non-hydrogen) atoms. The fourth-order valence-corrected chi connectivity index (χ4v) is 2.27. The smallest absolute Gasteiger partial charge is 0.407 e. The number of amides is 1. The van der Waals surface area contributed by atoms with Crippen molar-refractivity contribution in [3.05, 3.63) is 34.8 Å². The molecule has 0 aliphatic carbocycles. The Kier molecular flexibility index (Phi) is 3.17. The van der Waals surface area contributed by atoms with E-state index in [0.717, 1.165) is 23.1 Å². The molecule has 92 valence electrons. The molecule has 0 spiro atoms. The predicted molar refractivity (Wildman–Crippen MR) is 61.3 cm³/mol. The van der Waals surface area contributed by atoms with E-state index >= 15 is 0 Å². The predicted octanol–water partition coefficient (Wildman–Crippen LogP) is 1.38. The van der Waals surface area contributed by atoms with Gasteiger partial charge in [0.1, 0.15) is 6.54 Å². The van der Waals surface area contributed by atoms with Crippen LogP contribution in [0.25, 0.3) is 0 Å². The second kappa shape index (κ2) is 4.61. The van der Waals surface area contributed by atoms with Gasteiger partial charge in [0, 0.05) is 18.2 Å². The van der Waals surface area contributed by atoms with Crippen molar-refractivity contribution in [1.82, 2.24) is 4.90 Å². The largest absolute Gasteiger partial charge is 0.618 e. The third-order valence-corrected chi connectivity index (χ3v) is 3.33.